The van der Waals surface area contributed by atoms with Gasteiger partial charge < -0.3 is 10.6 Å². The van der Waals surface area contributed by atoms with Gasteiger partial charge in [0.25, 0.3) is 0 Å². The van der Waals surface area contributed by atoms with E-state index in [1.54, 1.807) is 12.1 Å². The molecule has 2 atom stereocenters. The van der Waals surface area contributed by atoms with Crippen LogP contribution in [0.15, 0.2) is 18.2 Å². The van der Waals surface area contributed by atoms with E-state index in [4.69, 9.17) is 17.3 Å². The summed E-state index contributed by atoms with van der Waals surface area (Å²) in [6.07, 6.45) is 1.09. The summed E-state index contributed by atoms with van der Waals surface area (Å²) in [5.74, 6) is -0.229. The minimum Gasteiger partial charge on any atom is -0.329 e. The monoisotopic (exact) mass is 285 g/mol. The van der Waals surface area contributed by atoms with E-state index < -0.39 is 0 Å². The quantitative estimate of drug-likeness (QED) is 0.920. The van der Waals surface area contributed by atoms with Crippen LogP contribution in [0.5, 0.6) is 0 Å². The van der Waals surface area contributed by atoms with Crippen molar-refractivity contribution in [3.8, 4) is 0 Å². The standard InChI is InChI=1S/C14H21ClFN3/c1-18(2)11-5-6-19(9-11)14(8-17)12-7-10(15)3-4-13(12)16/h3-4,7,11,14H,5-6,8-9,17H2,1-2H3. The van der Waals surface area contributed by atoms with E-state index >= 15 is 0 Å². The lowest BCUT2D eigenvalue weighted by molar-refractivity contribution is 0.217. The molecule has 0 amide bonds. The summed E-state index contributed by atoms with van der Waals surface area (Å²) in [5, 5.41) is 0.554. The number of nitrogens with zero attached hydrogens (tertiary/aromatic N) is 2. The molecule has 1 heterocycles. The van der Waals surface area contributed by atoms with Crippen molar-refractivity contribution < 1.29 is 4.39 Å². The molecule has 1 aliphatic heterocycles. The average molecular weight is 286 g/mol. The molecule has 2 N–H and O–H groups in total. The van der Waals surface area contributed by atoms with Crippen LogP contribution in [-0.4, -0.2) is 49.6 Å². The first kappa shape index (κ1) is 14.7. The number of hydrogen-bond acceptors (Lipinski definition) is 3. The van der Waals surface area contributed by atoms with Gasteiger partial charge in [-0.05, 0) is 38.7 Å². The molecule has 0 spiro atoms. The first-order valence-corrected chi connectivity index (χ1v) is 6.96. The normalized spacial score (nSPS) is 22.1. The molecule has 0 aromatic heterocycles. The van der Waals surface area contributed by atoms with Crippen LogP contribution >= 0.6 is 11.6 Å². The fraction of sp³-hybridized carbons (Fsp3) is 0.571. The number of likely N-dealkylation sites (tertiary alicyclic amines) is 1. The molecule has 0 radical (unpaired) electrons. The molecular weight excluding hydrogens is 265 g/mol. The van der Waals surface area contributed by atoms with Gasteiger partial charge in [0, 0.05) is 36.3 Å². The largest absolute Gasteiger partial charge is 0.329 e. The molecule has 5 heteroatoms. The lowest BCUT2D eigenvalue weighted by Crippen LogP contribution is -2.36. The first-order chi connectivity index (χ1) is 9.02. The van der Waals surface area contributed by atoms with Crippen LogP contribution in [-0.2, 0) is 0 Å². The summed E-state index contributed by atoms with van der Waals surface area (Å²) in [7, 11) is 4.15. The highest BCUT2D eigenvalue weighted by Gasteiger charge is 2.30. The molecule has 1 saturated heterocycles. The molecule has 1 aliphatic rings. The van der Waals surface area contributed by atoms with Gasteiger partial charge in [0.2, 0.25) is 0 Å². The van der Waals surface area contributed by atoms with Gasteiger partial charge in [0.05, 0.1) is 6.04 Å². The number of halogens is 2. The smallest absolute Gasteiger partial charge is 0.128 e. The molecule has 106 valence electrons. The summed E-state index contributed by atoms with van der Waals surface area (Å²) in [5.41, 5.74) is 6.47. The average Bonchev–Trinajstić information content (AvgIpc) is 2.84. The van der Waals surface area contributed by atoms with Gasteiger partial charge in [-0.1, -0.05) is 11.6 Å². The Hall–Kier alpha value is -0.680. The van der Waals surface area contributed by atoms with E-state index in [-0.39, 0.29) is 11.9 Å². The van der Waals surface area contributed by atoms with Crippen molar-refractivity contribution in [2.45, 2.75) is 18.5 Å². The van der Waals surface area contributed by atoms with E-state index in [1.165, 1.54) is 6.07 Å². The van der Waals surface area contributed by atoms with Crippen molar-refractivity contribution in [3.05, 3.63) is 34.6 Å². The maximum atomic E-state index is 14.0. The maximum Gasteiger partial charge on any atom is 0.128 e. The van der Waals surface area contributed by atoms with Crippen LogP contribution in [0.3, 0.4) is 0 Å². The van der Waals surface area contributed by atoms with E-state index in [0.717, 1.165) is 19.5 Å². The second kappa shape index (κ2) is 6.18. The van der Waals surface area contributed by atoms with Gasteiger partial charge in [0.15, 0.2) is 0 Å². The maximum absolute atomic E-state index is 14.0. The zero-order valence-electron chi connectivity index (χ0n) is 11.4. The molecule has 0 bridgehead atoms. The Balaban J connectivity index is 2.19. The molecule has 19 heavy (non-hydrogen) atoms. The fourth-order valence-electron chi connectivity index (χ4n) is 2.72. The summed E-state index contributed by atoms with van der Waals surface area (Å²) >= 11 is 5.97. The molecular formula is C14H21ClFN3. The van der Waals surface area contributed by atoms with E-state index in [2.05, 4.69) is 23.9 Å². The third-order valence-corrected chi connectivity index (χ3v) is 4.14. The molecule has 0 aliphatic carbocycles. The van der Waals surface area contributed by atoms with Crippen molar-refractivity contribution in [3.63, 3.8) is 0 Å². The minimum absolute atomic E-state index is 0.0938. The predicted molar refractivity (Wildman–Crippen MR) is 76.9 cm³/mol. The third kappa shape index (κ3) is 3.26. The van der Waals surface area contributed by atoms with E-state index in [9.17, 15) is 4.39 Å². The van der Waals surface area contributed by atoms with Crippen LogP contribution < -0.4 is 5.73 Å². The molecule has 1 aromatic rings. The van der Waals surface area contributed by atoms with Crippen molar-refractivity contribution in [1.82, 2.24) is 9.80 Å². The Bertz CT molecular complexity index is 439. The van der Waals surface area contributed by atoms with Crippen LogP contribution in [0.1, 0.15) is 18.0 Å². The van der Waals surface area contributed by atoms with E-state index in [0.29, 0.717) is 23.2 Å². The van der Waals surface area contributed by atoms with Crippen molar-refractivity contribution in [2.75, 3.05) is 33.7 Å². The summed E-state index contributed by atoms with van der Waals surface area (Å²) in [6.45, 7) is 2.26. The van der Waals surface area contributed by atoms with Gasteiger partial charge in [-0.15, -0.1) is 0 Å². The van der Waals surface area contributed by atoms with E-state index in [1.807, 2.05) is 0 Å². The minimum atomic E-state index is -0.229. The number of hydrogen-bond donors (Lipinski definition) is 1. The molecule has 2 unspecified atom stereocenters. The lowest BCUT2D eigenvalue weighted by Gasteiger charge is -2.28. The Kier molecular flexibility index (Phi) is 4.79. The van der Waals surface area contributed by atoms with Gasteiger partial charge in [0.1, 0.15) is 5.82 Å². The van der Waals surface area contributed by atoms with Crippen molar-refractivity contribution >= 4 is 11.6 Å². The number of likely N-dealkylation sites (N-methyl/N-ethyl adjacent to an activating group) is 1. The predicted octanol–water partition coefficient (Wildman–Crippen LogP) is 2.11. The highest BCUT2D eigenvalue weighted by atomic mass is 35.5. The van der Waals surface area contributed by atoms with Crippen molar-refractivity contribution in [1.29, 1.82) is 0 Å². The SMILES string of the molecule is CN(C)C1CCN(C(CN)c2cc(Cl)ccc2F)C1. The molecule has 1 aromatic carbocycles. The Morgan fingerprint density at radius 3 is 2.84 bits per heavy atom. The Morgan fingerprint density at radius 2 is 2.26 bits per heavy atom. The second-order valence-corrected chi connectivity index (χ2v) is 5.75. The van der Waals surface area contributed by atoms with Gasteiger partial charge in [-0.25, -0.2) is 4.39 Å². The van der Waals surface area contributed by atoms with Crippen LogP contribution in [0.4, 0.5) is 4.39 Å². The number of nitrogens with two attached hydrogens (primary N) is 1. The topological polar surface area (TPSA) is 32.5 Å². The van der Waals surface area contributed by atoms with Crippen LogP contribution in [0, 0.1) is 5.82 Å². The van der Waals surface area contributed by atoms with Gasteiger partial charge >= 0.3 is 0 Å². The van der Waals surface area contributed by atoms with Gasteiger partial charge in [-0.3, -0.25) is 4.90 Å². The number of benzene rings is 1. The summed E-state index contributed by atoms with van der Waals surface area (Å²) in [6, 6.07) is 5.09. The zero-order chi connectivity index (χ0) is 14.0. The molecule has 1 fully saturated rings. The van der Waals surface area contributed by atoms with Crippen LogP contribution in [0.2, 0.25) is 5.02 Å². The van der Waals surface area contributed by atoms with Crippen molar-refractivity contribution in [2.24, 2.45) is 5.73 Å². The third-order valence-electron chi connectivity index (χ3n) is 3.91. The lowest BCUT2D eigenvalue weighted by atomic mass is 10.1. The fourth-order valence-corrected chi connectivity index (χ4v) is 2.90. The highest BCUT2D eigenvalue weighted by Crippen LogP contribution is 2.29. The second-order valence-electron chi connectivity index (χ2n) is 5.32. The highest BCUT2D eigenvalue weighted by molar-refractivity contribution is 6.30. The Morgan fingerprint density at radius 1 is 1.53 bits per heavy atom. The van der Waals surface area contributed by atoms with Crippen LogP contribution in [0.25, 0.3) is 0 Å². The molecule has 0 saturated carbocycles. The number of rotatable bonds is 4. The summed E-state index contributed by atoms with van der Waals surface area (Å²) in [4.78, 5) is 4.46. The molecule has 2 rings (SSSR count). The van der Waals surface area contributed by atoms with Gasteiger partial charge in [-0.2, -0.15) is 0 Å². The first-order valence-electron chi connectivity index (χ1n) is 6.58. The zero-order valence-corrected chi connectivity index (χ0v) is 12.2. The Labute approximate surface area is 119 Å². The molecule has 3 nitrogen and oxygen atoms in total. The summed E-state index contributed by atoms with van der Waals surface area (Å²) < 4.78 is 14.0.